The van der Waals surface area contributed by atoms with Gasteiger partial charge in [-0.05, 0) is 6.92 Å². The van der Waals surface area contributed by atoms with Crippen LogP contribution in [-0.2, 0) is 14.8 Å². The summed E-state index contributed by atoms with van der Waals surface area (Å²) >= 11 is 0. The van der Waals surface area contributed by atoms with Crippen molar-refractivity contribution in [2.45, 2.75) is 17.9 Å². The molecule has 0 saturated heterocycles. The van der Waals surface area contributed by atoms with Crippen molar-refractivity contribution >= 4 is 16.0 Å². The summed E-state index contributed by atoms with van der Waals surface area (Å²) in [6, 6.07) is 1.52. The van der Waals surface area contributed by atoms with Crippen molar-refractivity contribution in [3.8, 4) is 17.2 Å². The van der Waals surface area contributed by atoms with Gasteiger partial charge in [0.2, 0.25) is 0 Å². The Morgan fingerprint density at radius 3 is 1.91 bits per heavy atom. The molecule has 1 atom stereocenters. The van der Waals surface area contributed by atoms with Crippen LogP contribution in [0.15, 0.2) is 17.0 Å². The fraction of sp³-hybridized carbons (Fsp3) is 0.462. The van der Waals surface area contributed by atoms with E-state index in [-0.39, 0.29) is 16.4 Å². The number of rotatable bonds is 7. The quantitative estimate of drug-likeness (QED) is 0.787. The zero-order chi connectivity index (χ0) is 17.1. The van der Waals surface area contributed by atoms with Crippen LogP contribution in [0.1, 0.15) is 6.92 Å². The van der Waals surface area contributed by atoms with Crippen molar-refractivity contribution in [1.29, 1.82) is 0 Å². The highest BCUT2D eigenvalue weighted by Gasteiger charge is 2.35. The highest BCUT2D eigenvalue weighted by Crippen LogP contribution is 2.39. The topological polar surface area (TPSA) is 102 Å². The van der Waals surface area contributed by atoms with Gasteiger partial charge in [-0.25, -0.2) is 8.42 Å². The average molecular weight is 333 g/mol. The molecule has 0 saturated carbocycles. The number of aliphatic carboxylic acids is 1. The maximum absolute atomic E-state index is 12.7. The summed E-state index contributed by atoms with van der Waals surface area (Å²) in [6.45, 7) is 1.27. The molecule has 0 aromatic heterocycles. The Morgan fingerprint density at radius 1 is 1.14 bits per heavy atom. The Hall–Kier alpha value is -2.00. The minimum absolute atomic E-state index is 0.000591. The van der Waals surface area contributed by atoms with E-state index < -0.39 is 22.0 Å². The molecule has 1 aromatic carbocycles. The van der Waals surface area contributed by atoms with Crippen LogP contribution in [0.25, 0.3) is 0 Å². The van der Waals surface area contributed by atoms with E-state index >= 15 is 0 Å². The second-order valence-electron chi connectivity index (χ2n) is 4.40. The van der Waals surface area contributed by atoms with Crippen molar-refractivity contribution in [3.05, 3.63) is 12.1 Å². The van der Waals surface area contributed by atoms with E-state index in [0.717, 1.165) is 4.31 Å². The lowest BCUT2D eigenvalue weighted by molar-refractivity contribution is -0.140. The van der Waals surface area contributed by atoms with Crippen molar-refractivity contribution in [2.75, 3.05) is 28.4 Å². The second kappa shape index (κ2) is 6.84. The molecule has 0 spiro atoms. The number of ether oxygens (including phenoxy) is 3. The molecule has 1 unspecified atom stereocenters. The smallest absolute Gasteiger partial charge is 0.321 e. The molecule has 1 rings (SSSR count). The number of hydrogen-bond donors (Lipinski definition) is 1. The van der Waals surface area contributed by atoms with Crippen LogP contribution in [-0.4, -0.2) is 58.2 Å². The largest absolute Gasteiger partial charge is 0.496 e. The van der Waals surface area contributed by atoms with E-state index in [1.54, 1.807) is 0 Å². The number of carboxylic acid groups (broad SMARTS) is 1. The molecule has 0 aliphatic heterocycles. The van der Waals surface area contributed by atoms with Gasteiger partial charge in [-0.3, -0.25) is 4.79 Å². The van der Waals surface area contributed by atoms with Gasteiger partial charge in [-0.2, -0.15) is 4.31 Å². The highest BCUT2D eigenvalue weighted by molar-refractivity contribution is 7.89. The first kappa shape index (κ1) is 18.1. The van der Waals surface area contributed by atoms with Gasteiger partial charge in [0.1, 0.15) is 23.3 Å². The highest BCUT2D eigenvalue weighted by atomic mass is 32.2. The van der Waals surface area contributed by atoms with E-state index in [9.17, 15) is 13.2 Å². The number of nitrogens with zero attached hydrogens (tertiary/aromatic N) is 1. The molecule has 1 aromatic rings. The Balaban J connectivity index is 3.56. The third-order valence-electron chi connectivity index (χ3n) is 3.21. The maximum atomic E-state index is 12.7. The molecule has 0 fully saturated rings. The van der Waals surface area contributed by atoms with Crippen molar-refractivity contribution in [2.24, 2.45) is 0 Å². The lowest BCUT2D eigenvalue weighted by Gasteiger charge is -2.23. The standard InChI is InChI=1S/C13H19NO7S/c1-8(13(15)16)14(2)22(17,18)12-10(20-4)6-9(19-3)7-11(12)21-5/h6-8H,1-5H3,(H,15,16). The molecule has 9 heteroatoms. The molecule has 0 aliphatic rings. The molecule has 0 radical (unpaired) electrons. The zero-order valence-corrected chi connectivity index (χ0v) is 13.8. The first-order chi connectivity index (χ1) is 10.2. The van der Waals surface area contributed by atoms with Crippen LogP contribution >= 0.6 is 0 Å². The van der Waals surface area contributed by atoms with Gasteiger partial charge in [0.15, 0.2) is 4.90 Å². The Labute approximate surface area is 129 Å². The van der Waals surface area contributed by atoms with Crippen LogP contribution in [0.4, 0.5) is 0 Å². The van der Waals surface area contributed by atoms with Crippen LogP contribution in [0, 0.1) is 0 Å². The predicted octanol–water partition coefficient (Wildman–Crippen LogP) is 0.806. The first-order valence-electron chi connectivity index (χ1n) is 6.21. The van der Waals surface area contributed by atoms with Gasteiger partial charge in [0, 0.05) is 19.2 Å². The Bertz CT molecular complexity index is 631. The average Bonchev–Trinajstić information content (AvgIpc) is 2.51. The van der Waals surface area contributed by atoms with Gasteiger partial charge in [0.05, 0.1) is 21.3 Å². The van der Waals surface area contributed by atoms with E-state index in [4.69, 9.17) is 19.3 Å². The number of carboxylic acids is 1. The van der Waals surface area contributed by atoms with Gasteiger partial charge >= 0.3 is 5.97 Å². The first-order valence-corrected chi connectivity index (χ1v) is 7.65. The third kappa shape index (κ3) is 3.25. The second-order valence-corrected chi connectivity index (χ2v) is 6.33. The number of benzene rings is 1. The minimum atomic E-state index is -4.15. The molecule has 0 bridgehead atoms. The minimum Gasteiger partial charge on any atom is -0.496 e. The third-order valence-corrected chi connectivity index (χ3v) is 5.20. The van der Waals surface area contributed by atoms with Crippen LogP contribution in [0.5, 0.6) is 17.2 Å². The maximum Gasteiger partial charge on any atom is 0.321 e. The van der Waals surface area contributed by atoms with Gasteiger partial charge in [-0.15, -0.1) is 0 Å². The number of carbonyl (C=O) groups is 1. The Morgan fingerprint density at radius 2 is 1.59 bits per heavy atom. The van der Waals surface area contributed by atoms with Gasteiger partial charge in [0.25, 0.3) is 10.0 Å². The molecule has 0 aliphatic carbocycles. The monoisotopic (exact) mass is 333 g/mol. The van der Waals surface area contributed by atoms with Crippen molar-refractivity contribution in [1.82, 2.24) is 4.31 Å². The van der Waals surface area contributed by atoms with Gasteiger partial charge in [-0.1, -0.05) is 0 Å². The molecule has 8 nitrogen and oxygen atoms in total. The fourth-order valence-corrected chi connectivity index (χ4v) is 3.32. The lowest BCUT2D eigenvalue weighted by atomic mass is 10.3. The normalized spacial score (nSPS) is 12.8. The van der Waals surface area contributed by atoms with Crippen LogP contribution < -0.4 is 14.2 Å². The summed E-state index contributed by atoms with van der Waals surface area (Å²) in [5, 5.41) is 9.01. The molecular weight excluding hydrogens is 314 g/mol. The number of methoxy groups -OCH3 is 3. The SMILES string of the molecule is COc1cc(OC)c(S(=O)(=O)N(C)C(C)C(=O)O)c(OC)c1. The van der Waals surface area contributed by atoms with E-state index in [1.807, 2.05) is 0 Å². The van der Waals surface area contributed by atoms with Crippen LogP contribution in [0.3, 0.4) is 0 Å². The Kier molecular flexibility index (Phi) is 5.61. The number of hydrogen-bond acceptors (Lipinski definition) is 6. The fourth-order valence-electron chi connectivity index (χ4n) is 1.74. The predicted molar refractivity (Wildman–Crippen MR) is 78.1 cm³/mol. The van der Waals surface area contributed by atoms with Crippen molar-refractivity contribution < 1.29 is 32.5 Å². The summed E-state index contributed by atoms with van der Waals surface area (Å²) < 4.78 is 41.4. The van der Waals surface area contributed by atoms with E-state index in [2.05, 4.69) is 0 Å². The summed E-state index contributed by atoms with van der Waals surface area (Å²) in [4.78, 5) is 10.8. The van der Waals surface area contributed by atoms with Gasteiger partial charge < -0.3 is 19.3 Å². The van der Waals surface area contributed by atoms with Crippen LogP contribution in [0.2, 0.25) is 0 Å². The molecule has 22 heavy (non-hydrogen) atoms. The van der Waals surface area contributed by atoms with Crippen molar-refractivity contribution in [3.63, 3.8) is 0 Å². The molecule has 0 amide bonds. The summed E-state index contributed by atoms with van der Waals surface area (Å²) in [6.07, 6.45) is 0. The summed E-state index contributed by atoms with van der Waals surface area (Å²) in [5.74, 6) is -0.916. The van der Waals surface area contributed by atoms with E-state index in [1.165, 1.54) is 47.4 Å². The molecule has 124 valence electrons. The molecular formula is C13H19NO7S. The summed E-state index contributed by atoms with van der Waals surface area (Å²) in [5.41, 5.74) is 0. The zero-order valence-electron chi connectivity index (χ0n) is 13.0. The lowest BCUT2D eigenvalue weighted by Crippen LogP contribution is -2.40. The molecule has 1 N–H and O–H groups in total. The molecule has 0 heterocycles. The van der Waals surface area contributed by atoms with E-state index in [0.29, 0.717) is 5.75 Å². The number of likely N-dealkylation sites (N-methyl/N-ethyl adjacent to an activating group) is 1. The number of sulfonamides is 1. The summed E-state index contributed by atoms with van der Waals surface area (Å²) in [7, 11) is 1.05.